The fraction of sp³-hybridized carbons (Fsp3) is 0.571. The van der Waals surface area contributed by atoms with Gasteiger partial charge in [-0.2, -0.15) is 5.26 Å². The summed E-state index contributed by atoms with van der Waals surface area (Å²) in [6.45, 7) is 4.52. The highest BCUT2D eigenvalue weighted by Crippen LogP contribution is 2.17. The Morgan fingerprint density at radius 2 is 2.21 bits per heavy atom. The van der Waals surface area contributed by atoms with Gasteiger partial charge in [-0.15, -0.1) is 0 Å². The Balaban J connectivity index is 2.84. The van der Waals surface area contributed by atoms with Crippen molar-refractivity contribution in [1.82, 2.24) is 4.90 Å². The van der Waals surface area contributed by atoms with E-state index in [0.29, 0.717) is 31.7 Å². The number of nitrogens with zero attached hydrogens (tertiary/aromatic N) is 2. The first-order chi connectivity index (χ1) is 9.07. The van der Waals surface area contributed by atoms with Crippen LogP contribution in [0.25, 0.3) is 0 Å². The standard InChI is InChI=1S/C14H21N3O2/c1-3-14(16,4-2)13(18)17(9-6-8-15)11-12-7-5-10-19-12/h5,7,10H,3-4,6,9,11,16H2,1-2H3. The van der Waals surface area contributed by atoms with Gasteiger partial charge in [-0.3, -0.25) is 4.79 Å². The topological polar surface area (TPSA) is 83.3 Å². The van der Waals surface area contributed by atoms with Gasteiger partial charge in [0.15, 0.2) is 0 Å². The van der Waals surface area contributed by atoms with Gasteiger partial charge in [-0.25, -0.2) is 0 Å². The first-order valence-corrected chi connectivity index (χ1v) is 6.55. The van der Waals surface area contributed by atoms with Crippen LogP contribution in [0.5, 0.6) is 0 Å². The summed E-state index contributed by atoms with van der Waals surface area (Å²) in [5, 5.41) is 8.70. The highest BCUT2D eigenvalue weighted by Gasteiger charge is 2.34. The van der Waals surface area contributed by atoms with E-state index in [2.05, 4.69) is 6.07 Å². The van der Waals surface area contributed by atoms with Crippen LogP contribution in [0, 0.1) is 11.3 Å². The maximum absolute atomic E-state index is 12.5. The first kappa shape index (κ1) is 15.3. The summed E-state index contributed by atoms with van der Waals surface area (Å²) in [6, 6.07) is 5.64. The van der Waals surface area contributed by atoms with Gasteiger partial charge in [0.1, 0.15) is 5.76 Å². The molecule has 0 aliphatic carbocycles. The van der Waals surface area contributed by atoms with Crippen molar-refractivity contribution in [3.63, 3.8) is 0 Å². The Morgan fingerprint density at radius 1 is 1.53 bits per heavy atom. The smallest absolute Gasteiger partial charge is 0.243 e. The molecule has 0 aliphatic heterocycles. The van der Waals surface area contributed by atoms with E-state index in [9.17, 15) is 4.79 Å². The minimum Gasteiger partial charge on any atom is -0.467 e. The minimum absolute atomic E-state index is 0.121. The predicted molar refractivity (Wildman–Crippen MR) is 71.9 cm³/mol. The zero-order valence-electron chi connectivity index (χ0n) is 11.6. The molecule has 0 bridgehead atoms. The predicted octanol–water partition coefficient (Wildman–Crippen LogP) is 2.04. The second-order valence-electron chi connectivity index (χ2n) is 4.58. The molecule has 0 atom stereocenters. The van der Waals surface area contributed by atoms with Crippen LogP contribution in [0.1, 0.15) is 38.9 Å². The number of carbonyl (C=O) groups is 1. The van der Waals surface area contributed by atoms with E-state index >= 15 is 0 Å². The van der Waals surface area contributed by atoms with Crippen molar-refractivity contribution in [3.8, 4) is 6.07 Å². The first-order valence-electron chi connectivity index (χ1n) is 6.55. The van der Waals surface area contributed by atoms with Gasteiger partial charge in [-0.05, 0) is 25.0 Å². The molecule has 5 nitrogen and oxygen atoms in total. The Kier molecular flexibility index (Phi) is 5.58. The molecule has 19 heavy (non-hydrogen) atoms. The zero-order valence-corrected chi connectivity index (χ0v) is 11.6. The van der Waals surface area contributed by atoms with Gasteiger partial charge in [0.05, 0.1) is 30.8 Å². The quantitative estimate of drug-likeness (QED) is 0.816. The minimum atomic E-state index is -0.859. The van der Waals surface area contributed by atoms with Crippen LogP contribution in [0.4, 0.5) is 0 Å². The van der Waals surface area contributed by atoms with Crippen LogP contribution in [-0.4, -0.2) is 22.9 Å². The van der Waals surface area contributed by atoms with E-state index in [-0.39, 0.29) is 12.3 Å². The molecule has 0 fully saturated rings. The van der Waals surface area contributed by atoms with Crippen molar-refractivity contribution < 1.29 is 9.21 Å². The molecule has 1 rings (SSSR count). The number of amides is 1. The second kappa shape index (κ2) is 6.95. The van der Waals surface area contributed by atoms with Crippen molar-refractivity contribution in [2.24, 2.45) is 5.73 Å². The average Bonchev–Trinajstić information content (AvgIpc) is 2.94. The summed E-state index contributed by atoms with van der Waals surface area (Å²) in [5.74, 6) is 0.574. The molecule has 0 unspecified atom stereocenters. The summed E-state index contributed by atoms with van der Waals surface area (Å²) in [7, 11) is 0. The number of rotatable bonds is 7. The lowest BCUT2D eigenvalue weighted by molar-refractivity contribution is -0.138. The van der Waals surface area contributed by atoms with E-state index in [1.54, 1.807) is 17.2 Å². The van der Waals surface area contributed by atoms with Gasteiger partial charge >= 0.3 is 0 Å². The number of nitriles is 1. The highest BCUT2D eigenvalue weighted by atomic mass is 16.3. The SMILES string of the molecule is CCC(N)(CC)C(=O)N(CCC#N)Cc1ccco1. The van der Waals surface area contributed by atoms with Crippen molar-refractivity contribution >= 4 is 5.91 Å². The molecule has 0 spiro atoms. The zero-order chi connectivity index (χ0) is 14.3. The molecule has 1 amide bonds. The van der Waals surface area contributed by atoms with E-state index < -0.39 is 5.54 Å². The summed E-state index contributed by atoms with van der Waals surface area (Å²) >= 11 is 0. The van der Waals surface area contributed by atoms with Crippen LogP contribution in [0.3, 0.4) is 0 Å². The number of carbonyl (C=O) groups excluding carboxylic acids is 1. The fourth-order valence-corrected chi connectivity index (χ4v) is 1.90. The summed E-state index contributed by atoms with van der Waals surface area (Å²) in [4.78, 5) is 14.1. The molecule has 1 heterocycles. The van der Waals surface area contributed by atoms with Crippen LogP contribution >= 0.6 is 0 Å². The maximum atomic E-state index is 12.5. The van der Waals surface area contributed by atoms with Gasteiger partial charge in [0.2, 0.25) is 5.91 Å². The number of hydrogen-bond acceptors (Lipinski definition) is 4. The molecule has 0 saturated carbocycles. The number of furan rings is 1. The van der Waals surface area contributed by atoms with Crippen LogP contribution in [0.2, 0.25) is 0 Å². The van der Waals surface area contributed by atoms with Crippen molar-refractivity contribution in [3.05, 3.63) is 24.2 Å². The lowest BCUT2D eigenvalue weighted by Crippen LogP contribution is -2.54. The molecular formula is C14H21N3O2. The van der Waals surface area contributed by atoms with Gasteiger partial charge < -0.3 is 15.1 Å². The molecule has 2 N–H and O–H groups in total. The normalized spacial score (nSPS) is 11.1. The third-order valence-corrected chi connectivity index (χ3v) is 3.40. The molecule has 0 aliphatic rings. The number of hydrogen-bond donors (Lipinski definition) is 1. The fourth-order valence-electron chi connectivity index (χ4n) is 1.90. The Hall–Kier alpha value is -1.80. The van der Waals surface area contributed by atoms with Crippen LogP contribution in [-0.2, 0) is 11.3 Å². The van der Waals surface area contributed by atoms with E-state index in [1.165, 1.54) is 0 Å². The summed E-state index contributed by atoms with van der Waals surface area (Å²) < 4.78 is 5.26. The number of nitrogens with two attached hydrogens (primary N) is 1. The molecule has 0 radical (unpaired) electrons. The van der Waals surface area contributed by atoms with Gasteiger partial charge in [0, 0.05) is 6.54 Å². The lowest BCUT2D eigenvalue weighted by atomic mass is 9.92. The van der Waals surface area contributed by atoms with E-state index in [4.69, 9.17) is 15.4 Å². The van der Waals surface area contributed by atoms with Crippen molar-refractivity contribution in [2.45, 2.75) is 45.2 Å². The molecule has 1 aromatic rings. The van der Waals surface area contributed by atoms with E-state index in [0.717, 1.165) is 0 Å². The van der Waals surface area contributed by atoms with Gasteiger partial charge in [0.25, 0.3) is 0 Å². The molecule has 0 saturated heterocycles. The maximum Gasteiger partial charge on any atom is 0.243 e. The molecule has 1 aromatic heterocycles. The Bertz CT molecular complexity index is 430. The molecule has 104 valence electrons. The summed E-state index contributed by atoms with van der Waals surface area (Å²) in [5.41, 5.74) is 5.28. The van der Waals surface area contributed by atoms with Crippen LogP contribution in [0.15, 0.2) is 22.8 Å². The Morgan fingerprint density at radius 3 is 2.68 bits per heavy atom. The second-order valence-corrected chi connectivity index (χ2v) is 4.58. The van der Waals surface area contributed by atoms with Crippen molar-refractivity contribution in [2.75, 3.05) is 6.54 Å². The van der Waals surface area contributed by atoms with Crippen molar-refractivity contribution in [1.29, 1.82) is 5.26 Å². The van der Waals surface area contributed by atoms with E-state index in [1.807, 2.05) is 19.9 Å². The van der Waals surface area contributed by atoms with Crippen LogP contribution < -0.4 is 5.73 Å². The molecule has 5 heteroatoms. The third kappa shape index (κ3) is 3.83. The highest BCUT2D eigenvalue weighted by molar-refractivity contribution is 5.86. The summed E-state index contributed by atoms with van der Waals surface area (Å²) in [6.07, 6.45) is 3.00. The largest absolute Gasteiger partial charge is 0.467 e. The molecule has 0 aromatic carbocycles. The lowest BCUT2D eigenvalue weighted by Gasteiger charge is -2.32. The average molecular weight is 263 g/mol. The van der Waals surface area contributed by atoms with Gasteiger partial charge in [-0.1, -0.05) is 13.8 Å². The Labute approximate surface area is 114 Å². The monoisotopic (exact) mass is 263 g/mol. The molecular weight excluding hydrogens is 242 g/mol. The third-order valence-electron chi connectivity index (χ3n) is 3.40.